The van der Waals surface area contributed by atoms with E-state index in [0.29, 0.717) is 22.4 Å². The molecule has 122 valence electrons. The molecule has 3 aromatic rings. The highest BCUT2D eigenvalue weighted by Crippen LogP contribution is 2.39. The first-order valence-corrected chi connectivity index (χ1v) is 7.94. The minimum absolute atomic E-state index is 0. The van der Waals surface area contributed by atoms with Gasteiger partial charge in [0, 0.05) is 6.04 Å². The maximum atomic E-state index is 6.32. The minimum atomic E-state index is 0. The van der Waals surface area contributed by atoms with Gasteiger partial charge in [-0.15, -0.1) is 12.4 Å². The molecule has 1 aliphatic rings. The number of nitrogens with zero attached hydrogens (tertiary/aromatic N) is 3. The van der Waals surface area contributed by atoms with Crippen molar-refractivity contribution < 1.29 is 4.42 Å². The molecule has 5 nitrogen and oxygen atoms in total. The molecule has 4 rings (SSSR count). The second kappa shape index (κ2) is 5.80. The van der Waals surface area contributed by atoms with Crippen LogP contribution in [0.2, 0.25) is 5.02 Å². The molecule has 3 aromatic heterocycles. The van der Waals surface area contributed by atoms with Crippen LogP contribution >= 0.6 is 24.0 Å². The fourth-order valence-corrected chi connectivity index (χ4v) is 3.19. The van der Waals surface area contributed by atoms with Crippen LogP contribution in [0.3, 0.4) is 0 Å². The SMILES string of the molecule is CCC1CC1Nc1ncnc2c1oc1nc(C)c(Cl)c(C)c12.Cl. The summed E-state index contributed by atoms with van der Waals surface area (Å²) in [6, 6.07) is 0.482. The van der Waals surface area contributed by atoms with Gasteiger partial charge in [-0.25, -0.2) is 15.0 Å². The Balaban J connectivity index is 0.00000156. The van der Waals surface area contributed by atoms with Crippen molar-refractivity contribution in [3.63, 3.8) is 0 Å². The smallest absolute Gasteiger partial charge is 0.229 e. The first-order valence-electron chi connectivity index (χ1n) is 7.56. The Morgan fingerprint density at radius 2 is 2.13 bits per heavy atom. The number of fused-ring (bicyclic) bond motifs is 3. The monoisotopic (exact) mass is 352 g/mol. The standard InChI is InChI=1S/C16H17ClN4O.ClH/c1-4-9-5-10(9)21-15-14-13(18-6-19-15)11-7(2)12(17)8(3)20-16(11)22-14;/h6,9-10H,4-5H2,1-3H3,(H,18,19,21);1H. The Morgan fingerprint density at radius 3 is 2.83 bits per heavy atom. The second-order valence-electron chi connectivity index (χ2n) is 5.97. The number of halogens is 2. The summed E-state index contributed by atoms with van der Waals surface area (Å²) in [5.41, 5.74) is 3.72. The number of pyridine rings is 1. The van der Waals surface area contributed by atoms with Gasteiger partial charge in [-0.1, -0.05) is 24.9 Å². The summed E-state index contributed by atoms with van der Waals surface area (Å²) in [7, 11) is 0. The molecule has 1 saturated carbocycles. The van der Waals surface area contributed by atoms with Gasteiger partial charge < -0.3 is 9.73 Å². The van der Waals surface area contributed by atoms with Crippen molar-refractivity contribution in [2.24, 2.45) is 5.92 Å². The summed E-state index contributed by atoms with van der Waals surface area (Å²) in [5, 5.41) is 5.00. The predicted molar refractivity (Wildman–Crippen MR) is 94.6 cm³/mol. The van der Waals surface area contributed by atoms with E-state index in [-0.39, 0.29) is 12.4 Å². The number of hydrogen-bond donors (Lipinski definition) is 1. The van der Waals surface area contributed by atoms with Crippen molar-refractivity contribution in [1.82, 2.24) is 15.0 Å². The first-order chi connectivity index (χ1) is 10.6. The number of rotatable bonds is 3. The Kier molecular flexibility index (Phi) is 4.10. The summed E-state index contributed by atoms with van der Waals surface area (Å²) >= 11 is 6.32. The van der Waals surface area contributed by atoms with Gasteiger partial charge in [-0.3, -0.25) is 0 Å². The van der Waals surface area contributed by atoms with Crippen molar-refractivity contribution in [3.05, 3.63) is 22.6 Å². The van der Waals surface area contributed by atoms with Gasteiger partial charge >= 0.3 is 0 Å². The van der Waals surface area contributed by atoms with Gasteiger partial charge in [-0.2, -0.15) is 0 Å². The van der Waals surface area contributed by atoms with Crippen LogP contribution in [0.15, 0.2) is 10.7 Å². The number of nitrogens with one attached hydrogen (secondary N) is 1. The van der Waals surface area contributed by atoms with E-state index in [1.807, 2.05) is 13.8 Å². The first kappa shape index (κ1) is 16.3. The molecule has 0 aliphatic heterocycles. The van der Waals surface area contributed by atoms with Crippen LogP contribution in [-0.4, -0.2) is 21.0 Å². The number of aryl methyl sites for hydroxylation is 2. The topological polar surface area (TPSA) is 63.8 Å². The van der Waals surface area contributed by atoms with Crippen LogP contribution in [0.4, 0.5) is 5.82 Å². The fraction of sp³-hybridized carbons (Fsp3) is 0.438. The third-order valence-corrected chi connectivity index (χ3v) is 5.07. The average molecular weight is 353 g/mol. The van der Waals surface area contributed by atoms with Crippen molar-refractivity contribution in [2.75, 3.05) is 5.32 Å². The van der Waals surface area contributed by atoms with Crippen molar-refractivity contribution in [2.45, 2.75) is 39.7 Å². The zero-order valence-corrected chi connectivity index (χ0v) is 14.8. The summed E-state index contributed by atoms with van der Waals surface area (Å²) < 4.78 is 5.94. The van der Waals surface area contributed by atoms with Crippen LogP contribution in [0.25, 0.3) is 22.2 Å². The Bertz CT molecular complexity index is 893. The lowest BCUT2D eigenvalue weighted by Crippen LogP contribution is -2.06. The molecule has 0 bridgehead atoms. The molecule has 0 spiro atoms. The number of anilines is 1. The van der Waals surface area contributed by atoms with Gasteiger partial charge in [0.1, 0.15) is 11.8 Å². The molecule has 3 heterocycles. The van der Waals surface area contributed by atoms with E-state index in [1.165, 1.54) is 12.8 Å². The third-order valence-electron chi connectivity index (χ3n) is 4.51. The molecule has 0 radical (unpaired) electrons. The molecular weight excluding hydrogens is 335 g/mol. The number of aromatic nitrogens is 3. The molecule has 1 fully saturated rings. The lowest BCUT2D eigenvalue weighted by Gasteiger charge is -2.04. The van der Waals surface area contributed by atoms with Gasteiger partial charge in [0.05, 0.1) is 16.1 Å². The lowest BCUT2D eigenvalue weighted by molar-refractivity contribution is 0.649. The van der Waals surface area contributed by atoms with E-state index >= 15 is 0 Å². The zero-order valence-electron chi connectivity index (χ0n) is 13.2. The molecule has 0 saturated heterocycles. The molecule has 0 amide bonds. The van der Waals surface area contributed by atoms with E-state index in [1.54, 1.807) is 6.33 Å². The van der Waals surface area contributed by atoms with Gasteiger partial charge in [0.2, 0.25) is 5.71 Å². The van der Waals surface area contributed by atoms with Gasteiger partial charge in [0.15, 0.2) is 11.4 Å². The normalized spacial score (nSPS) is 19.8. The molecular formula is C16H18Cl2N4O. The van der Waals surface area contributed by atoms with Gasteiger partial charge in [0.25, 0.3) is 0 Å². The lowest BCUT2D eigenvalue weighted by atomic mass is 10.1. The van der Waals surface area contributed by atoms with E-state index in [9.17, 15) is 0 Å². The maximum absolute atomic E-state index is 6.32. The quantitative estimate of drug-likeness (QED) is 0.741. The highest BCUT2D eigenvalue weighted by atomic mass is 35.5. The molecule has 23 heavy (non-hydrogen) atoms. The predicted octanol–water partition coefficient (Wildman–Crippen LogP) is 4.67. The summed E-state index contributed by atoms with van der Waals surface area (Å²) in [5.74, 6) is 1.48. The van der Waals surface area contributed by atoms with Crippen LogP contribution in [-0.2, 0) is 0 Å². The Labute approximate surface area is 145 Å². The second-order valence-corrected chi connectivity index (χ2v) is 6.35. The zero-order chi connectivity index (χ0) is 15.4. The molecule has 7 heteroatoms. The van der Waals surface area contributed by atoms with Crippen LogP contribution in [0.5, 0.6) is 0 Å². The molecule has 0 aromatic carbocycles. The fourth-order valence-electron chi connectivity index (χ4n) is 3.05. The Morgan fingerprint density at radius 1 is 1.35 bits per heavy atom. The van der Waals surface area contributed by atoms with Crippen molar-refractivity contribution in [1.29, 1.82) is 0 Å². The average Bonchev–Trinajstić information content (AvgIpc) is 3.15. The maximum Gasteiger partial charge on any atom is 0.229 e. The van der Waals surface area contributed by atoms with E-state index in [0.717, 1.165) is 33.9 Å². The Hall–Kier alpha value is -1.59. The minimum Gasteiger partial charge on any atom is -0.432 e. The summed E-state index contributed by atoms with van der Waals surface area (Å²) in [6.45, 7) is 6.06. The number of hydrogen-bond acceptors (Lipinski definition) is 5. The highest BCUT2D eigenvalue weighted by molar-refractivity contribution is 6.33. The largest absolute Gasteiger partial charge is 0.432 e. The van der Waals surface area contributed by atoms with E-state index in [2.05, 4.69) is 27.2 Å². The molecule has 2 atom stereocenters. The van der Waals surface area contributed by atoms with Crippen LogP contribution < -0.4 is 5.32 Å². The van der Waals surface area contributed by atoms with Gasteiger partial charge in [-0.05, 0) is 31.7 Å². The summed E-state index contributed by atoms with van der Waals surface area (Å²) in [4.78, 5) is 13.2. The van der Waals surface area contributed by atoms with E-state index < -0.39 is 0 Å². The highest BCUT2D eigenvalue weighted by Gasteiger charge is 2.36. The van der Waals surface area contributed by atoms with Crippen LogP contribution in [0.1, 0.15) is 31.0 Å². The summed E-state index contributed by atoms with van der Waals surface area (Å²) in [6.07, 6.45) is 3.93. The molecule has 1 N–H and O–H groups in total. The van der Waals surface area contributed by atoms with Crippen molar-refractivity contribution in [3.8, 4) is 0 Å². The number of furan rings is 1. The molecule has 2 unspecified atom stereocenters. The van der Waals surface area contributed by atoms with Crippen molar-refractivity contribution >= 4 is 52.0 Å². The van der Waals surface area contributed by atoms with Crippen LogP contribution in [0, 0.1) is 19.8 Å². The van der Waals surface area contributed by atoms with E-state index in [4.69, 9.17) is 16.0 Å². The molecule has 1 aliphatic carbocycles. The third kappa shape index (κ3) is 2.52.